The van der Waals surface area contributed by atoms with E-state index in [-0.39, 0.29) is 17.8 Å². The highest BCUT2D eigenvalue weighted by Gasteiger charge is 2.12. The van der Waals surface area contributed by atoms with E-state index in [4.69, 9.17) is 0 Å². The molecule has 0 bridgehead atoms. The van der Waals surface area contributed by atoms with Crippen LogP contribution in [0.1, 0.15) is 30.2 Å². The van der Waals surface area contributed by atoms with Crippen molar-refractivity contribution in [3.63, 3.8) is 0 Å². The van der Waals surface area contributed by atoms with Crippen molar-refractivity contribution in [1.29, 1.82) is 0 Å². The SMILES string of the molecule is CC(C)n1ncc2cc(C(=O)Nc3ccc(F)cc3)cnc21. The first kappa shape index (κ1) is 14.2. The van der Waals surface area contributed by atoms with Crippen molar-refractivity contribution in [2.45, 2.75) is 19.9 Å². The highest BCUT2D eigenvalue weighted by atomic mass is 19.1. The number of halogens is 1. The van der Waals surface area contributed by atoms with Crippen LogP contribution in [0.5, 0.6) is 0 Å². The van der Waals surface area contributed by atoms with Gasteiger partial charge in [-0.2, -0.15) is 5.10 Å². The number of rotatable bonds is 3. The van der Waals surface area contributed by atoms with Gasteiger partial charge in [0.1, 0.15) is 5.82 Å². The second-order valence-electron chi connectivity index (χ2n) is 5.28. The normalized spacial score (nSPS) is 11.1. The van der Waals surface area contributed by atoms with Gasteiger partial charge in [-0.05, 0) is 44.2 Å². The van der Waals surface area contributed by atoms with Gasteiger partial charge >= 0.3 is 0 Å². The standard InChI is InChI=1S/C16H15FN4O/c1-10(2)21-15-11(9-19-21)7-12(8-18-15)16(22)20-14-5-3-13(17)4-6-14/h3-10H,1-2H3,(H,20,22). The molecule has 112 valence electrons. The van der Waals surface area contributed by atoms with Crippen molar-refractivity contribution < 1.29 is 9.18 Å². The zero-order chi connectivity index (χ0) is 15.7. The Labute approximate surface area is 126 Å². The van der Waals surface area contributed by atoms with Crippen molar-refractivity contribution in [3.8, 4) is 0 Å². The van der Waals surface area contributed by atoms with E-state index in [9.17, 15) is 9.18 Å². The molecule has 0 fully saturated rings. The summed E-state index contributed by atoms with van der Waals surface area (Å²) in [5, 5.41) is 7.78. The number of amides is 1. The first-order valence-electron chi connectivity index (χ1n) is 6.95. The van der Waals surface area contributed by atoms with Crippen molar-refractivity contribution in [1.82, 2.24) is 14.8 Å². The first-order valence-corrected chi connectivity index (χ1v) is 6.95. The Bertz CT molecular complexity index is 824. The van der Waals surface area contributed by atoms with Gasteiger partial charge in [-0.3, -0.25) is 4.79 Å². The maximum atomic E-state index is 12.9. The van der Waals surface area contributed by atoms with E-state index in [1.54, 1.807) is 16.9 Å². The molecule has 0 radical (unpaired) electrons. The molecule has 0 aliphatic rings. The van der Waals surface area contributed by atoms with Crippen LogP contribution in [-0.4, -0.2) is 20.7 Å². The van der Waals surface area contributed by atoms with E-state index in [0.717, 1.165) is 11.0 Å². The van der Waals surface area contributed by atoms with E-state index in [1.807, 2.05) is 13.8 Å². The van der Waals surface area contributed by atoms with E-state index >= 15 is 0 Å². The highest BCUT2D eigenvalue weighted by Crippen LogP contribution is 2.17. The lowest BCUT2D eigenvalue weighted by Gasteiger charge is -2.07. The monoisotopic (exact) mass is 298 g/mol. The molecule has 5 nitrogen and oxygen atoms in total. The summed E-state index contributed by atoms with van der Waals surface area (Å²) in [6.45, 7) is 4.03. The van der Waals surface area contributed by atoms with Crippen molar-refractivity contribution in [2.75, 3.05) is 5.32 Å². The number of anilines is 1. The molecule has 2 aromatic heterocycles. The van der Waals surface area contributed by atoms with Crippen LogP contribution in [0.4, 0.5) is 10.1 Å². The van der Waals surface area contributed by atoms with Crippen molar-refractivity contribution in [2.24, 2.45) is 0 Å². The van der Waals surface area contributed by atoms with Gasteiger partial charge < -0.3 is 5.32 Å². The molecule has 0 saturated heterocycles. The van der Waals surface area contributed by atoms with Crippen molar-refractivity contribution in [3.05, 3.63) is 54.1 Å². The first-order chi connectivity index (χ1) is 10.5. The van der Waals surface area contributed by atoms with Crippen LogP contribution in [-0.2, 0) is 0 Å². The molecule has 1 N–H and O–H groups in total. The summed E-state index contributed by atoms with van der Waals surface area (Å²) in [5.41, 5.74) is 1.71. The van der Waals surface area contributed by atoms with Crippen LogP contribution in [0.2, 0.25) is 0 Å². The number of carbonyl (C=O) groups is 1. The fourth-order valence-electron chi connectivity index (χ4n) is 2.18. The predicted molar refractivity (Wildman–Crippen MR) is 82.3 cm³/mol. The Kier molecular flexibility index (Phi) is 3.58. The zero-order valence-corrected chi connectivity index (χ0v) is 12.2. The lowest BCUT2D eigenvalue weighted by atomic mass is 10.2. The number of carbonyl (C=O) groups excluding carboxylic acids is 1. The average Bonchev–Trinajstić information content (AvgIpc) is 2.92. The topological polar surface area (TPSA) is 59.8 Å². The van der Waals surface area contributed by atoms with E-state index in [1.165, 1.54) is 30.5 Å². The molecule has 6 heteroatoms. The summed E-state index contributed by atoms with van der Waals surface area (Å²) in [6, 6.07) is 7.55. The molecule has 0 aliphatic heterocycles. The Morgan fingerprint density at radius 3 is 2.64 bits per heavy atom. The fraction of sp³-hybridized carbons (Fsp3) is 0.188. The molecule has 2 heterocycles. The summed E-state index contributed by atoms with van der Waals surface area (Å²) in [4.78, 5) is 16.5. The molecule has 1 amide bonds. The van der Waals surface area contributed by atoms with Crippen LogP contribution in [0.15, 0.2) is 42.7 Å². The number of hydrogen-bond donors (Lipinski definition) is 1. The van der Waals surface area contributed by atoms with E-state index < -0.39 is 0 Å². The Hall–Kier alpha value is -2.76. The van der Waals surface area contributed by atoms with Gasteiger partial charge in [0.05, 0.1) is 11.8 Å². The molecule has 0 spiro atoms. The van der Waals surface area contributed by atoms with Crippen LogP contribution in [0, 0.1) is 5.82 Å². The predicted octanol–water partition coefficient (Wildman–Crippen LogP) is 3.40. The van der Waals surface area contributed by atoms with E-state index in [0.29, 0.717) is 11.3 Å². The molecule has 1 aromatic carbocycles. The maximum Gasteiger partial charge on any atom is 0.257 e. The third-order valence-electron chi connectivity index (χ3n) is 3.29. The van der Waals surface area contributed by atoms with Gasteiger partial charge in [-0.1, -0.05) is 0 Å². The summed E-state index contributed by atoms with van der Waals surface area (Å²) in [6.07, 6.45) is 3.21. The van der Waals surface area contributed by atoms with Crippen LogP contribution >= 0.6 is 0 Å². The lowest BCUT2D eigenvalue weighted by Crippen LogP contribution is -2.12. The van der Waals surface area contributed by atoms with Gasteiger partial charge in [0.15, 0.2) is 5.65 Å². The second kappa shape index (κ2) is 5.55. The van der Waals surface area contributed by atoms with Gasteiger partial charge in [0.25, 0.3) is 5.91 Å². The van der Waals surface area contributed by atoms with E-state index in [2.05, 4.69) is 15.4 Å². The van der Waals surface area contributed by atoms with Crippen LogP contribution in [0.3, 0.4) is 0 Å². The largest absolute Gasteiger partial charge is 0.322 e. The molecular formula is C16H15FN4O. The molecule has 3 aromatic rings. The fourth-order valence-corrected chi connectivity index (χ4v) is 2.18. The van der Waals surface area contributed by atoms with Gasteiger partial charge in [-0.15, -0.1) is 0 Å². The maximum absolute atomic E-state index is 12.9. The Balaban J connectivity index is 1.86. The number of fused-ring (bicyclic) bond motifs is 1. The molecule has 0 saturated carbocycles. The molecule has 0 unspecified atom stereocenters. The Morgan fingerprint density at radius 1 is 1.23 bits per heavy atom. The van der Waals surface area contributed by atoms with Crippen LogP contribution in [0.25, 0.3) is 11.0 Å². The number of pyridine rings is 1. The minimum absolute atomic E-state index is 0.198. The molecule has 0 atom stereocenters. The molecular weight excluding hydrogens is 283 g/mol. The number of nitrogens with one attached hydrogen (secondary N) is 1. The summed E-state index contributed by atoms with van der Waals surface area (Å²) in [5.74, 6) is -0.638. The van der Waals surface area contributed by atoms with Gasteiger partial charge in [-0.25, -0.2) is 14.1 Å². The molecule has 3 rings (SSSR count). The smallest absolute Gasteiger partial charge is 0.257 e. The quantitative estimate of drug-likeness (QED) is 0.806. The zero-order valence-electron chi connectivity index (χ0n) is 12.2. The summed E-state index contributed by atoms with van der Waals surface area (Å²) in [7, 11) is 0. The average molecular weight is 298 g/mol. The number of benzene rings is 1. The van der Waals surface area contributed by atoms with Crippen molar-refractivity contribution >= 4 is 22.6 Å². The summed E-state index contributed by atoms with van der Waals surface area (Å²) < 4.78 is 14.7. The third kappa shape index (κ3) is 2.67. The van der Waals surface area contributed by atoms with Gasteiger partial charge in [0.2, 0.25) is 0 Å². The minimum atomic E-state index is -0.345. The number of hydrogen-bond acceptors (Lipinski definition) is 3. The van der Waals surface area contributed by atoms with Gasteiger partial charge in [0, 0.05) is 23.3 Å². The minimum Gasteiger partial charge on any atom is -0.322 e. The Morgan fingerprint density at radius 2 is 1.95 bits per heavy atom. The number of nitrogens with zero attached hydrogens (tertiary/aromatic N) is 3. The third-order valence-corrected chi connectivity index (χ3v) is 3.29. The summed E-state index contributed by atoms with van der Waals surface area (Å²) >= 11 is 0. The number of aromatic nitrogens is 3. The molecule has 0 aliphatic carbocycles. The molecule has 22 heavy (non-hydrogen) atoms. The second-order valence-corrected chi connectivity index (χ2v) is 5.28. The van der Waals surface area contributed by atoms with Crippen LogP contribution < -0.4 is 5.32 Å². The lowest BCUT2D eigenvalue weighted by molar-refractivity contribution is 0.102. The highest BCUT2D eigenvalue weighted by molar-refractivity contribution is 6.05.